The molecule has 0 atom stereocenters. The smallest absolute Gasteiger partial charge is 0.227 e. The van der Waals surface area contributed by atoms with Crippen LogP contribution in [0.1, 0.15) is 0 Å². The highest BCUT2D eigenvalue weighted by Gasteiger charge is 2.08. The normalized spacial score (nSPS) is 10.9. The molecule has 0 saturated carbocycles. The molecule has 2 N–H and O–H groups in total. The van der Waals surface area contributed by atoms with Crippen molar-refractivity contribution in [1.29, 1.82) is 0 Å². The van der Waals surface area contributed by atoms with Crippen LogP contribution in [0.2, 0.25) is 0 Å². The predicted molar refractivity (Wildman–Crippen MR) is 63.8 cm³/mol. The van der Waals surface area contributed by atoms with Gasteiger partial charge in [-0.25, -0.2) is 9.37 Å². The van der Waals surface area contributed by atoms with E-state index in [1.165, 1.54) is 12.1 Å². The lowest BCUT2D eigenvalue weighted by Crippen LogP contribution is -1.82. The molecule has 0 bridgehead atoms. The quantitative estimate of drug-likeness (QED) is 0.650. The Labute approximate surface area is 96.7 Å². The molecule has 17 heavy (non-hydrogen) atoms. The Bertz CT molecular complexity index is 673. The molecule has 2 aromatic carbocycles. The first-order valence-corrected chi connectivity index (χ1v) is 5.14. The summed E-state index contributed by atoms with van der Waals surface area (Å²) in [6.45, 7) is 0. The molecule has 4 heteroatoms. The van der Waals surface area contributed by atoms with Crippen LogP contribution in [-0.4, -0.2) is 4.98 Å². The number of nitrogen functional groups attached to an aromatic ring is 1. The summed E-state index contributed by atoms with van der Waals surface area (Å²) in [4.78, 5) is 4.30. The number of nitrogens with zero attached hydrogens (tertiary/aromatic N) is 1. The van der Waals surface area contributed by atoms with E-state index in [0.717, 1.165) is 5.56 Å². The zero-order valence-electron chi connectivity index (χ0n) is 8.85. The summed E-state index contributed by atoms with van der Waals surface area (Å²) < 4.78 is 18.4. The third-order valence-electron chi connectivity index (χ3n) is 2.50. The minimum Gasteiger partial charge on any atom is -0.436 e. The molecule has 0 saturated heterocycles. The van der Waals surface area contributed by atoms with Crippen LogP contribution in [0.5, 0.6) is 0 Å². The van der Waals surface area contributed by atoms with Crippen LogP contribution >= 0.6 is 0 Å². The van der Waals surface area contributed by atoms with Crippen molar-refractivity contribution < 1.29 is 8.81 Å². The molecular formula is C13H9FN2O. The van der Waals surface area contributed by atoms with Crippen molar-refractivity contribution in [1.82, 2.24) is 4.98 Å². The lowest BCUT2D eigenvalue weighted by molar-refractivity contribution is 0.616. The second-order valence-electron chi connectivity index (χ2n) is 3.75. The first-order chi connectivity index (χ1) is 8.22. The second-order valence-corrected chi connectivity index (χ2v) is 3.75. The molecule has 84 valence electrons. The Morgan fingerprint density at radius 2 is 1.82 bits per heavy atom. The van der Waals surface area contributed by atoms with Crippen molar-refractivity contribution in [2.75, 3.05) is 5.73 Å². The van der Waals surface area contributed by atoms with E-state index in [-0.39, 0.29) is 5.82 Å². The van der Waals surface area contributed by atoms with Gasteiger partial charge in [0.15, 0.2) is 5.58 Å². The number of rotatable bonds is 1. The maximum Gasteiger partial charge on any atom is 0.227 e. The number of benzene rings is 2. The Morgan fingerprint density at radius 3 is 2.59 bits per heavy atom. The molecule has 0 unspecified atom stereocenters. The summed E-state index contributed by atoms with van der Waals surface area (Å²) >= 11 is 0. The fourth-order valence-corrected chi connectivity index (χ4v) is 1.66. The maximum absolute atomic E-state index is 12.8. The number of hydrogen-bond acceptors (Lipinski definition) is 3. The van der Waals surface area contributed by atoms with Crippen LogP contribution in [0.15, 0.2) is 46.9 Å². The Kier molecular flexibility index (Phi) is 2.08. The summed E-state index contributed by atoms with van der Waals surface area (Å²) in [5, 5.41) is 0. The largest absolute Gasteiger partial charge is 0.436 e. The van der Waals surface area contributed by atoms with Gasteiger partial charge in [0.05, 0.1) is 0 Å². The van der Waals surface area contributed by atoms with Crippen LogP contribution in [0.3, 0.4) is 0 Å². The van der Waals surface area contributed by atoms with E-state index in [0.29, 0.717) is 22.7 Å². The van der Waals surface area contributed by atoms with Crippen molar-refractivity contribution in [3.05, 3.63) is 48.3 Å². The monoisotopic (exact) mass is 228 g/mol. The molecule has 1 aromatic heterocycles. The van der Waals surface area contributed by atoms with Gasteiger partial charge in [-0.1, -0.05) is 0 Å². The SMILES string of the molecule is Nc1ccc2oc(-c3ccc(F)cc3)nc2c1. The lowest BCUT2D eigenvalue weighted by Gasteiger charge is -1.93. The third-order valence-corrected chi connectivity index (χ3v) is 2.50. The van der Waals surface area contributed by atoms with E-state index in [1.54, 1.807) is 30.3 Å². The van der Waals surface area contributed by atoms with Gasteiger partial charge in [0.1, 0.15) is 11.3 Å². The summed E-state index contributed by atoms with van der Waals surface area (Å²) in [7, 11) is 0. The Balaban J connectivity index is 2.14. The number of fused-ring (bicyclic) bond motifs is 1. The molecule has 3 nitrogen and oxygen atoms in total. The fourth-order valence-electron chi connectivity index (χ4n) is 1.66. The van der Waals surface area contributed by atoms with Gasteiger partial charge in [-0.2, -0.15) is 0 Å². The zero-order valence-corrected chi connectivity index (χ0v) is 8.85. The number of aromatic nitrogens is 1. The average molecular weight is 228 g/mol. The maximum atomic E-state index is 12.8. The molecule has 0 aliphatic rings. The van der Waals surface area contributed by atoms with Crippen molar-refractivity contribution in [2.24, 2.45) is 0 Å². The summed E-state index contributed by atoms with van der Waals surface area (Å²) in [6.07, 6.45) is 0. The van der Waals surface area contributed by atoms with E-state index >= 15 is 0 Å². The van der Waals surface area contributed by atoms with E-state index in [2.05, 4.69) is 4.98 Å². The zero-order chi connectivity index (χ0) is 11.8. The van der Waals surface area contributed by atoms with Crippen LogP contribution < -0.4 is 5.73 Å². The molecule has 3 rings (SSSR count). The summed E-state index contributed by atoms with van der Waals surface area (Å²) in [6, 6.07) is 11.3. The fraction of sp³-hybridized carbons (Fsp3) is 0. The van der Waals surface area contributed by atoms with Gasteiger partial charge in [0, 0.05) is 11.3 Å². The van der Waals surface area contributed by atoms with Crippen LogP contribution in [-0.2, 0) is 0 Å². The van der Waals surface area contributed by atoms with E-state index < -0.39 is 0 Å². The topological polar surface area (TPSA) is 52.0 Å². The third kappa shape index (κ3) is 1.73. The summed E-state index contributed by atoms with van der Waals surface area (Å²) in [5.74, 6) is 0.180. The molecule has 1 heterocycles. The Morgan fingerprint density at radius 1 is 1.06 bits per heavy atom. The number of anilines is 1. The van der Waals surface area contributed by atoms with Crippen molar-refractivity contribution in [2.45, 2.75) is 0 Å². The van der Waals surface area contributed by atoms with Crippen molar-refractivity contribution >= 4 is 16.8 Å². The van der Waals surface area contributed by atoms with E-state index in [4.69, 9.17) is 10.2 Å². The lowest BCUT2D eigenvalue weighted by atomic mass is 10.2. The minimum absolute atomic E-state index is 0.283. The van der Waals surface area contributed by atoms with Crippen LogP contribution in [0, 0.1) is 5.82 Å². The molecule has 0 spiro atoms. The first kappa shape index (κ1) is 9.84. The van der Waals surface area contributed by atoms with Gasteiger partial charge in [-0.3, -0.25) is 0 Å². The summed E-state index contributed by atoms with van der Waals surface area (Å²) in [5.41, 5.74) is 8.40. The molecule has 0 aliphatic carbocycles. The second kappa shape index (κ2) is 3.59. The van der Waals surface area contributed by atoms with Gasteiger partial charge < -0.3 is 10.2 Å². The number of halogens is 1. The Hall–Kier alpha value is -2.36. The predicted octanol–water partition coefficient (Wildman–Crippen LogP) is 3.22. The number of hydrogen-bond donors (Lipinski definition) is 1. The van der Waals surface area contributed by atoms with Gasteiger partial charge in [-0.15, -0.1) is 0 Å². The molecule has 0 amide bonds. The first-order valence-electron chi connectivity index (χ1n) is 5.14. The van der Waals surface area contributed by atoms with Gasteiger partial charge in [0.25, 0.3) is 0 Å². The van der Waals surface area contributed by atoms with Gasteiger partial charge in [-0.05, 0) is 42.5 Å². The highest BCUT2D eigenvalue weighted by Crippen LogP contribution is 2.25. The minimum atomic E-state index is -0.283. The average Bonchev–Trinajstić information content (AvgIpc) is 2.72. The van der Waals surface area contributed by atoms with Crippen LogP contribution in [0.4, 0.5) is 10.1 Å². The highest BCUT2D eigenvalue weighted by atomic mass is 19.1. The van der Waals surface area contributed by atoms with Gasteiger partial charge >= 0.3 is 0 Å². The van der Waals surface area contributed by atoms with Gasteiger partial charge in [0.2, 0.25) is 5.89 Å². The molecule has 0 fully saturated rings. The number of oxazole rings is 1. The van der Waals surface area contributed by atoms with Crippen LogP contribution in [0.25, 0.3) is 22.6 Å². The van der Waals surface area contributed by atoms with E-state index in [9.17, 15) is 4.39 Å². The standard InChI is InChI=1S/C13H9FN2O/c14-9-3-1-8(2-4-9)13-16-11-7-10(15)5-6-12(11)17-13/h1-7H,15H2. The molecule has 3 aromatic rings. The molecular weight excluding hydrogens is 219 g/mol. The molecule has 0 radical (unpaired) electrons. The number of nitrogens with two attached hydrogens (primary N) is 1. The highest BCUT2D eigenvalue weighted by molar-refractivity contribution is 5.79. The van der Waals surface area contributed by atoms with E-state index in [1.807, 2.05) is 0 Å². The van der Waals surface area contributed by atoms with Crippen molar-refractivity contribution in [3.63, 3.8) is 0 Å². The van der Waals surface area contributed by atoms with Crippen molar-refractivity contribution in [3.8, 4) is 11.5 Å². The molecule has 0 aliphatic heterocycles.